The fourth-order valence-electron chi connectivity index (χ4n) is 1.47. The van der Waals surface area contributed by atoms with Crippen LogP contribution in [0.2, 0.25) is 0 Å². The quantitative estimate of drug-likeness (QED) is 0.561. The van der Waals surface area contributed by atoms with Crippen LogP contribution in [0.3, 0.4) is 0 Å². The molecule has 0 aromatic carbocycles. The van der Waals surface area contributed by atoms with Gasteiger partial charge in [0.05, 0.1) is 7.11 Å². The second-order valence-electron chi connectivity index (χ2n) is 3.84. The summed E-state index contributed by atoms with van der Waals surface area (Å²) in [5, 5.41) is 0. The summed E-state index contributed by atoms with van der Waals surface area (Å²) in [5.74, 6) is 6.14. The summed E-state index contributed by atoms with van der Waals surface area (Å²) in [6.07, 6.45) is 2.17. The number of hydrogen-bond donors (Lipinski definition) is 2. The van der Waals surface area contributed by atoms with E-state index in [1.807, 2.05) is 11.9 Å². The lowest BCUT2D eigenvalue weighted by atomic mass is 10.2. The molecule has 17 heavy (non-hydrogen) atoms. The molecule has 1 unspecified atom stereocenters. The van der Waals surface area contributed by atoms with E-state index in [9.17, 15) is 0 Å². The van der Waals surface area contributed by atoms with Crippen LogP contribution in [0.25, 0.3) is 0 Å². The topological polar surface area (TPSA) is 89.2 Å². The van der Waals surface area contributed by atoms with Gasteiger partial charge >= 0.3 is 6.01 Å². The monoisotopic (exact) mass is 240 g/mol. The maximum atomic E-state index is 5.30. The highest BCUT2D eigenvalue weighted by atomic mass is 16.5. The number of nitrogens with zero attached hydrogens (tertiary/aromatic N) is 4. The van der Waals surface area contributed by atoms with Gasteiger partial charge in [0.15, 0.2) is 0 Å². The number of methoxy groups -OCH3 is 1. The first-order chi connectivity index (χ1) is 8.12. The fourth-order valence-corrected chi connectivity index (χ4v) is 1.47. The highest BCUT2D eigenvalue weighted by Crippen LogP contribution is 2.16. The molecule has 0 fully saturated rings. The Morgan fingerprint density at radius 1 is 1.41 bits per heavy atom. The number of aromatic nitrogens is 3. The van der Waals surface area contributed by atoms with Crippen molar-refractivity contribution in [3.05, 3.63) is 0 Å². The largest absolute Gasteiger partial charge is 0.467 e. The molecule has 7 nitrogen and oxygen atoms in total. The van der Waals surface area contributed by atoms with Crippen LogP contribution in [0.1, 0.15) is 26.7 Å². The number of nitrogen functional groups attached to an aromatic ring is 1. The van der Waals surface area contributed by atoms with Crippen LogP contribution in [-0.2, 0) is 0 Å². The van der Waals surface area contributed by atoms with Crippen molar-refractivity contribution in [3.63, 3.8) is 0 Å². The molecule has 3 N–H and O–H groups in total. The van der Waals surface area contributed by atoms with E-state index in [2.05, 4.69) is 34.2 Å². The van der Waals surface area contributed by atoms with Gasteiger partial charge in [0.25, 0.3) is 0 Å². The van der Waals surface area contributed by atoms with Crippen molar-refractivity contribution >= 4 is 11.9 Å². The van der Waals surface area contributed by atoms with E-state index in [0.717, 1.165) is 12.8 Å². The predicted molar refractivity (Wildman–Crippen MR) is 67.0 cm³/mol. The Kier molecular flexibility index (Phi) is 4.89. The highest BCUT2D eigenvalue weighted by Gasteiger charge is 2.14. The van der Waals surface area contributed by atoms with Gasteiger partial charge in [-0.3, -0.25) is 5.43 Å². The summed E-state index contributed by atoms with van der Waals surface area (Å²) in [6.45, 7) is 4.26. The van der Waals surface area contributed by atoms with Gasteiger partial charge in [-0.15, -0.1) is 0 Å². The molecule has 0 aliphatic carbocycles. The summed E-state index contributed by atoms with van der Waals surface area (Å²) in [5.41, 5.74) is 2.40. The lowest BCUT2D eigenvalue weighted by Crippen LogP contribution is -2.31. The minimum atomic E-state index is 0.249. The van der Waals surface area contributed by atoms with Gasteiger partial charge in [0.2, 0.25) is 11.9 Å². The van der Waals surface area contributed by atoms with E-state index in [1.165, 1.54) is 7.11 Å². The molecule has 0 aliphatic heterocycles. The molecule has 0 radical (unpaired) electrons. The zero-order valence-corrected chi connectivity index (χ0v) is 10.8. The lowest BCUT2D eigenvalue weighted by molar-refractivity contribution is 0.378. The van der Waals surface area contributed by atoms with Gasteiger partial charge < -0.3 is 9.64 Å². The van der Waals surface area contributed by atoms with Crippen molar-refractivity contribution < 1.29 is 4.74 Å². The van der Waals surface area contributed by atoms with Crippen molar-refractivity contribution in [2.45, 2.75) is 32.7 Å². The predicted octanol–water partition coefficient (Wildman–Crippen LogP) is 0.791. The SMILES string of the molecule is CCCC(C)N(C)c1nc(NN)nc(OC)n1. The third-order valence-corrected chi connectivity index (χ3v) is 2.60. The van der Waals surface area contributed by atoms with E-state index in [1.54, 1.807) is 0 Å². The second-order valence-corrected chi connectivity index (χ2v) is 3.84. The number of rotatable bonds is 6. The maximum Gasteiger partial charge on any atom is 0.322 e. The number of hydrazine groups is 1. The Balaban J connectivity index is 2.95. The molecule has 1 atom stereocenters. The first-order valence-electron chi connectivity index (χ1n) is 5.61. The summed E-state index contributed by atoms with van der Waals surface area (Å²) < 4.78 is 5.00. The molecular weight excluding hydrogens is 220 g/mol. The summed E-state index contributed by atoms with van der Waals surface area (Å²) in [7, 11) is 3.45. The third-order valence-electron chi connectivity index (χ3n) is 2.60. The fraction of sp³-hybridized carbons (Fsp3) is 0.700. The Bertz CT molecular complexity index is 336. The summed E-state index contributed by atoms with van der Waals surface area (Å²) in [4.78, 5) is 14.3. The number of nitrogens with two attached hydrogens (primary N) is 1. The van der Waals surface area contributed by atoms with Crippen LogP contribution in [-0.4, -0.2) is 35.2 Å². The molecule has 0 spiro atoms. The van der Waals surface area contributed by atoms with Crippen molar-refractivity contribution in [1.29, 1.82) is 0 Å². The summed E-state index contributed by atoms with van der Waals surface area (Å²) >= 11 is 0. The molecular formula is C10H20N6O. The van der Waals surface area contributed by atoms with E-state index in [-0.39, 0.29) is 6.01 Å². The van der Waals surface area contributed by atoms with Crippen LogP contribution in [0.15, 0.2) is 0 Å². The number of nitrogens with one attached hydrogen (secondary N) is 1. The van der Waals surface area contributed by atoms with Gasteiger partial charge in [-0.05, 0) is 13.3 Å². The van der Waals surface area contributed by atoms with Gasteiger partial charge in [0.1, 0.15) is 0 Å². The van der Waals surface area contributed by atoms with Crippen LogP contribution in [0.5, 0.6) is 6.01 Å². The molecule has 1 rings (SSSR count). The smallest absolute Gasteiger partial charge is 0.322 e. The van der Waals surface area contributed by atoms with Gasteiger partial charge in [-0.25, -0.2) is 5.84 Å². The van der Waals surface area contributed by atoms with Crippen molar-refractivity contribution in [3.8, 4) is 6.01 Å². The van der Waals surface area contributed by atoms with E-state index >= 15 is 0 Å². The van der Waals surface area contributed by atoms with Crippen molar-refractivity contribution in [2.75, 3.05) is 24.5 Å². The second kappa shape index (κ2) is 6.19. The Morgan fingerprint density at radius 2 is 2.12 bits per heavy atom. The molecule has 0 saturated heterocycles. The molecule has 96 valence electrons. The van der Waals surface area contributed by atoms with Crippen LogP contribution in [0.4, 0.5) is 11.9 Å². The minimum Gasteiger partial charge on any atom is -0.467 e. The lowest BCUT2D eigenvalue weighted by Gasteiger charge is -2.24. The standard InChI is InChI=1S/C10H20N6O/c1-5-6-7(2)16(3)9-12-8(15-11)13-10(14-9)17-4/h7H,5-6,11H2,1-4H3,(H,12,13,14,15). The van der Waals surface area contributed by atoms with Crippen LogP contribution < -0.4 is 20.9 Å². The average Bonchev–Trinajstić information content (AvgIpc) is 2.37. The van der Waals surface area contributed by atoms with Crippen LogP contribution >= 0.6 is 0 Å². The Hall–Kier alpha value is -1.63. The number of hydrogen-bond acceptors (Lipinski definition) is 7. The first kappa shape index (κ1) is 13.4. The molecule has 1 heterocycles. The minimum absolute atomic E-state index is 0.249. The van der Waals surface area contributed by atoms with E-state index in [4.69, 9.17) is 10.6 Å². The van der Waals surface area contributed by atoms with E-state index < -0.39 is 0 Å². The molecule has 0 aliphatic rings. The van der Waals surface area contributed by atoms with Crippen LogP contribution in [0, 0.1) is 0 Å². The Labute approximate surface area is 101 Å². The zero-order valence-electron chi connectivity index (χ0n) is 10.8. The van der Waals surface area contributed by atoms with Crippen molar-refractivity contribution in [2.24, 2.45) is 5.84 Å². The third kappa shape index (κ3) is 3.42. The average molecular weight is 240 g/mol. The number of anilines is 2. The van der Waals surface area contributed by atoms with Gasteiger partial charge in [-0.1, -0.05) is 13.3 Å². The number of ether oxygens (including phenoxy) is 1. The molecule has 0 amide bonds. The van der Waals surface area contributed by atoms with Gasteiger partial charge in [0, 0.05) is 13.1 Å². The normalized spacial score (nSPS) is 12.1. The molecule has 1 aromatic rings. The molecule has 0 bridgehead atoms. The first-order valence-corrected chi connectivity index (χ1v) is 5.61. The van der Waals surface area contributed by atoms with Crippen molar-refractivity contribution in [1.82, 2.24) is 15.0 Å². The maximum absolute atomic E-state index is 5.30. The zero-order chi connectivity index (χ0) is 12.8. The highest BCUT2D eigenvalue weighted by molar-refractivity contribution is 5.37. The molecule has 7 heteroatoms. The molecule has 0 saturated carbocycles. The Morgan fingerprint density at radius 3 is 2.65 bits per heavy atom. The van der Waals surface area contributed by atoms with Gasteiger partial charge in [-0.2, -0.15) is 15.0 Å². The van der Waals surface area contributed by atoms with E-state index in [0.29, 0.717) is 17.9 Å². The molecule has 1 aromatic heterocycles. The summed E-state index contributed by atoms with van der Waals surface area (Å²) in [6, 6.07) is 0.594.